The van der Waals surface area contributed by atoms with Crippen LogP contribution in [0.1, 0.15) is 44.2 Å². The summed E-state index contributed by atoms with van der Waals surface area (Å²) in [6.45, 7) is 2.32. The first-order valence-corrected chi connectivity index (χ1v) is 6.63. The Morgan fingerprint density at radius 2 is 2.18 bits per heavy atom. The van der Waals surface area contributed by atoms with Gasteiger partial charge in [-0.25, -0.2) is 9.50 Å². The van der Waals surface area contributed by atoms with Crippen LogP contribution in [0.3, 0.4) is 0 Å². The molecule has 17 heavy (non-hydrogen) atoms. The number of nitrogens with zero attached hydrogens (tertiary/aromatic N) is 3. The third-order valence-corrected chi connectivity index (χ3v) is 4.10. The molecule has 0 bridgehead atoms. The molecule has 90 valence electrons. The number of fused-ring (bicyclic) bond motifs is 1. The maximum Gasteiger partial charge on any atom is 0.156 e. The highest BCUT2D eigenvalue weighted by atomic mass is 35.5. The predicted molar refractivity (Wildman–Crippen MR) is 68.4 cm³/mol. The van der Waals surface area contributed by atoms with E-state index in [1.165, 1.54) is 25.7 Å². The van der Waals surface area contributed by atoms with Gasteiger partial charge < -0.3 is 0 Å². The Morgan fingerprint density at radius 3 is 3.00 bits per heavy atom. The second kappa shape index (κ2) is 4.30. The molecule has 0 unspecified atom stereocenters. The highest BCUT2D eigenvalue weighted by Gasteiger charge is 2.24. The summed E-state index contributed by atoms with van der Waals surface area (Å²) in [4.78, 5) is 4.69. The summed E-state index contributed by atoms with van der Waals surface area (Å²) in [5, 5.41) is 4.81. The fraction of sp³-hybridized carbons (Fsp3) is 0.538. The van der Waals surface area contributed by atoms with Crippen LogP contribution in [-0.4, -0.2) is 14.6 Å². The molecule has 0 saturated heterocycles. The van der Waals surface area contributed by atoms with E-state index in [0.29, 0.717) is 17.0 Å². The molecule has 1 aliphatic carbocycles. The molecule has 1 aliphatic rings. The second-order valence-electron chi connectivity index (χ2n) is 4.97. The maximum atomic E-state index is 6.23. The van der Waals surface area contributed by atoms with E-state index in [1.807, 2.05) is 12.1 Å². The topological polar surface area (TPSA) is 30.2 Å². The first-order chi connectivity index (χ1) is 8.25. The van der Waals surface area contributed by atoms with Gasteiger partial charge in [0.15, 0.2) is 5.65 Å². The van der Waals surface area contributed by atoms with E-state index < -0.39 is 0 Å². The zero-order valence-corrected chi connectivity index (χ0v) is 10.7. The Balaban J connectivity index is 2.04. The molecule has 1 saturated carbocycles. The van der Waals surface area contributed by atoms with Crippen LogP contribution in [0.2, 0.25) is 5.15 Å². The van der Waals surface area contributed by atoms with Gasteiger partial charge in [0.25, 0.3) is 0 Å². The van der Waals surface area contributed by atoms with E-state index in [0.717, 1.165) is 11.3 Å². The molecule has 3 rings (SSSR count). The van der Waals surface area contributed by atoms with E-state index in [2.05, 4.69) is 17.0 Å². The summed E-state index contributed by atoms with van der Waals surface area (Å²) in [5.74, 6) is 1.26. The van der Waals surface area contributed by atoms with Crippen molar-refractivity contribution in [3.63, 3.8) is 0 Å². The Kier molecular flexibility index (Phi) is 2.79. The molecule has 0 radical (unpaired) electrons. The third kappa shape index (κ3) is 1.93. The monoisotopic (exact) mass is 249 g/mol. The molecule has 1 fully saturated rings. The van der Waals surface area contributed by atoms with E-state index in [4.69, 9.17) is 11.6 Å². The maximum absolute atomic E-state index is 6.23. The van der Waals surface area contributed by atoms with Crippen molar-refractivity contribution in [2.24, 2.45) is 5.92 Å². The van der Waals surface area contributed by atoms with Crippen molar-refractivity contribution in [1.82, 2.24) is 14.6 Å². The quantitative estimate of drug-likeness (QED) is 0.722. The molecule has 2 aromatic heterocycles. The van der Waals surface area contributed by atoms with Crippen molar-refractivity contribution >= 4 is 17.2 Å². The summed E-state index contributed by atoms with van der Waals surface area (Å²) < 4.78 is 1.68. The van der Waals surface area contributed by atoms with Crippen molar-refractivity contribution in [1.29, 1.82) is 0 Å². The van der Waals surface area contributed by atoms with Gasteiger partial charge >= 0.3 is 0 Å². The van der Waals surface area contributed by atoms with Crippen LogP contribution in [0.25, 0.3) is 5.65 Å². The predicted octanol–water partition coefficient (Wildman–Crippen LogP) is 3.68. The van der Waals surface area contributed by atoms with Crippen molar-refractivity contribution in [2.45, 2.75) is 38.5 Å². The van der Waals surface area contributed by atoms with Crippen molar-refractivity contribution < 1.29 is 0 Å². The minimum Gasteiger partial charge on any atom is -0.233 e. The molecule has 3 nitrogen and oxygen atoms in total. The number of hydrogen-bond acceptors (Lipinski definition) is 2. The smallest absolute Gasteiger partial charge is 0.156 e. The molecule has 0 aliphatic heterocycles. The normalized spacial score (nSPS) is 25.3. The van der Waals surface area contributed by atoms with Gasteiger partial charge in [-0.05, 0) is 18.4 Å². The standard InChI is InChI=1S/C13H16ClN3/c1-9-4-2-3-5-10(9)11-8-12(14)17-13(16-11)6-7-15-17/h6-10H,2-5H2,1H3/t9-,10+/m1/s1. The second-order valence-corrected chi connectivity index (χ2v) is 5.36. The highest BCUT2D eigenvalue weighted by molar-refractivity contribution is 6.29. The molecular weight excluding hydrogens is 234 g/mol. The van der Waals surface area contributed by atoms with Gasteiger partial charge in [0, 0.05) is 17.7 Å². The van der Waals surface area contributed by atoms with E-state index in [1.54, 1.807) is 10.7 Å². The van der Waals surface area contributed by atoms with Crippen LogP contribution in [0.15, 0.2) is 18.3 Å². The lowest BCUT2D eigenvalue weighted by atomic mass is 9.78. The fourth-order valence-electron chi connectivity index (χ4n) is 2.84. The summed E-state index contributed by atoms with van der Waals surface area (Å²) in [6, 6.07) is 3.89. The van der Waals surface area contributed by atoms with Crippen LogP contribution in [0.4, 0.5) is 0 Å². The van der Waals surface area contributed by atoms with Crippen molar-refractivity contribution in [3.05, 3.63) is 29.2 Å². The lowest BCUT2D eigenvalue weighted by Crippen LogP contribution is -2.16. The number of halogens is 1. The zero-order valence-electron chi connectivity index (χ0n) is 9.93. The van der Waals surface area contributed by atoms with E-state index >= 15 is 0 Å². The average molecular weight is 250 g/mol. The minimum atomic E-state index is 0.557. The van der Waals surface area contributed by atoms with Crippen LogP contribution in [-0.2, 0) is 0 Å². The summed E-state index contributed by atoms with van der Waals surface area (Å²) >= 11 is 6.23. The van der Waals surface area contributed by atoms with Gasteiger partial charge in [-0.2, -0.15) is 5.10 Å². The van der Waals surface area contributed by atoms with Gasteiger partial charge in [-0.15, -0.1) is 0 Å². The van der Waals surface area contributed by atoms with Gasteiger partial charge in [-0.1, -0.05) is 37.8 Å². The zero-order chi connectivity index (χ0) is 11.8. The third-order valence-electron chi connectivity index (χ3n) is 3.83. The molecule has 2 aromatic rings. The Hall–Kier alpha value is -1.09. The van der Waals surface area contributed by atoms with Gasteiger partial charge in [-0.3, -0.25) is 0 Å². The fourth-order valence-corrected chi connectivity index (χ4v) is 3.08. The van der Waals surface area contributed by atoms with Crippen LogP contribution >= 0.6 is 11.6 Å². The first-order valence-electron chi connectivity index (χ1n) is 6.26. The number of rotatable bonds is 1. The molecule has 0 N–H and O–H groups in total. The molecule has 2 heterocycles. The molecule has 0 spiro atoms. The lowest BCUT2D eigenvalue weighted by Gasteiger charge is -2.28. The Morgan fingerprint density at radius 1 is 1.35 bits per heavy atom. The number of aromatic nitrogens is 3. The van der Waals surface area contributed by atoms with Gasteiger partial charge in [0.1, 0.15) is 5.15 Å². The Bertz CT molecular complexity index is 534. The van der Waals surface area contributed by atoms with Crippen molar-refractivity contribution in [2.75, 3.05) is 0 Å². The lowest BCUT2D eigenvalue weighted by molar-refractivity contribution is 0.325. The molecule has 0 amide bonds. The Labute approximate surface area is 106 Å². The summed E-state index contributed by atoms with van der Waals surface area (Å²) in [6.07, 6.45) is 6.92. The minimum absolute atomic E-state index is 0.557. The van der Waals surface area contributed by atoms with E-state index in [9.17, 15) is 0 Å². The van der Waals surface area contributed by atoms with Gasteiger partial charge in [0.05, 0.1) is 6.20 Å². The molecule has 0 aromatic carbocycles. The van der Waals surface area contributed by atoms with Crippen LogP contribution < -0.4 is 0 Å². The molecule has 2 atom stereocenters. The number of hydrogen-bond donors (Lipinski definition) is 0. The molecular formula is C13H16ClN3. The van der Waals surface area contributed by atoms with Crippen LogP contribution in [0, 0.1) is 5.92 Å². The largest absolute Gasteiger partial charge is 0.233 e. The van der Waals surface area contributed by atoms with Crippen LogP contribution in [0.5, 0.6) is 0 Å². The molecule has 4 heteroatoms. The highest BCUT2D eigenvalue weighted by Crippen LogP contribution is 2.37. The van der Waals surface area contributed by atoms with Crippen molar-refractivity contribution in [3.8, 4) is 0 Å². The van der Waals surface area contributed by atoms with E-state index in [-0.39, 0.29) is 0 Å². The summed E-state index contributed by atoms with van der Waals surface area (Å²) in [5.41, 5.74) is 1.99. The summed E-state index contributed by atoms with van der Waals surface area (Å²) in [7, 11) is 0. The SMILES string of the molecule is C[C@@H]1CCCC[C@@H]1c1cc(Cl)n2nccc2n1. The average Bonchev–Trinajstić information content (AvgIpc) is 2.78. The van der Waals surface area contributed by atoms with Gasteiger partial charge in [0.2, 0.25) is 0 Å². The first kappa shape index (κ1) is 11.0.